The van der Waals surface area contributed by atoms with Crippen molar-refractivity contribution in [1.82, 2.24) is 4.98 Å². The molecule has 0 atom stereocenters. The summed E-state index contributed by atoms with van der Waals surface area (Å²) in [4.78, 5) is 4.06. The molecule has 0 unspecified atom stereocenters. The summed E-state index contributed by atoms with van der Waals surface area (Å²) in [6.45, 7) is 0.767. The van der Waals surface area contributed by atoms with E-state index in [1.54, 1.807) is 18.2 Å². The van der Waals surface area contributed by atoms with Gasteiger partial charge in [0.25, 0.3) is 0 Å². The van der Waals surface area contributed by atoms with Gasteiger partial charge in [-0.3, -0.25) is 4.98 Å². The minimum Gasteiger partial charge on any atom is -0.383 e. The molecule has 1 aromatic heterocycles. The van der Waals surface area contributed by atoms with E-state index in [4.69, 9.17) is 11.6 Å². The highest BCUT2D eigenvalue weighted by molar-refractivity contribution is 7.98. The van der Waals surface area contributed by atoms with Crippen molar-refractivity contribution in [2.75, 3.05) is 23.9 Å². The van der Waals surface area contributed by atoms with Crippen LogP contribution in [-0.4, -0.2) is 23.5 Å². The Balaban J connectivity index is 2.10. The molecule has 1 N–H and O–H groups in total. The summed E-state index contributed by atoms with van der Waals surface area (Å²) in [5.41, 5.74) is 0.813. The van der Waals surface area contributed by atoms with E-state index in [-0.39, 0.29) is 5.82 Å². The van der Waals surface area contributed by atoms with E-state index in [2.05, 4.69) is 16.6 Å². The van der Waals surface area contributed by atoms with Crippen molar-refractivity contribution in [1.29, 1.82) is 0 Å². The van der Waals surface area contributed by atoms with E-state index < -0.39 is 0 Å². The van der Waals surface area contributed by atoms with Crippen molar-refractivity contribution < 1.29 is 4.39 Å². The van der Waals surface area contributed by atoms with Gasteiger partial charge < -0.3 is 5.32 Å². The predicted molar refractivity (Wildman–Crippen MR) is 82.8 cm³/mol. The molecule has 2 rings (SSSR count). The number of pyridine rings is 1. The summed E-state index contributed by atoms with van der Waals surface area (Å²) in [5.74, 6) is 0.809. The van der Waals surface area contributed by atoms with Gasteiger partial charge >= 0.3 is 0 Å². The number of hydrogen-bond donors (Lipinski definition) is 1. The maximum absolute atomic E-state index is 14.2. The van der Waals surface area contributed by atoms with Crippen LogP contribution in [0.25, 0.3) is 10.9 Å². The molecule has 0 aliphatic heterocycles. The first-order valence-electron chi connectivity index (χ1n) is 6.19. The smallest absolute Gasteiger partial charge is 0.172 e. The Bertz CT molecular complexity index is 562. The lowest BCUT2D eigenvalue weighted by atomic mass is 10.2. The Labute approximate surface area is 121 Å². The van der Waals surface area contributed by atoms with E-state index >= 15 is 0 Å². The average molecular weight is 299 g/mol. The zero-order chi connectivity index (χ0) is 13.7. The Morgan fingerprint density at radius 3 is 2.95 bits per heavy atom. The largest absolute Gasteiger partial charge is 0.383 e. The molecule has 1 heterocycles. The summed E-state index contributed by atoms with van der Waals surface area (Å²) in [6.07, 6.45) is 5.77. The summed E-state index contributed by atoms with van der Waals surface area (Å²) >= 11 is 7.84. The van der Waals surface area contributed by atoms with E-state index in [1.807, 2.05) is 11.8 Å². The highest BCUT2D eigenvalue weighted by Crippen LogP contribution is 2.27. The SMILES string of the molecule is CSCCCCNc1ccc2c(Cl)ccnc2c1F. The van der Waals surface area contributed by atoms with Crippen LogP contribution in [0.3, 0.4) is 0 Å². The van der Waals surface area contributed by atoms with E-state index in [1.165, 1.54) is 6.20 Å². The minimum absolute atomic E-state index is 0.321. The molecule has 0 amide bonds. The molecule has 19 heavy (non-hydrogen) atoms. The van der Waals surface area contributed by atoms with Crippen LogP contribution in [0.4, 0.5) is 10.1 Å². The molecule has 0 bridgehead atoms. The first-order chi connectivity index (χ1) is 9.24. The molecule has 1 aromatic carbocycles. The van der Waals surface area contributed by atoms with Gasteiger partial charge in [-0.25, -0.2) is 4.39 Å². The van der Waals surface area contributed by atoms with Crippen molar-refractivity contribution in [2.24, 2.45) is 0 Å². The van der Waals surface area contributed by atoms with Crippen LogP contribution in [-0.2, 0) is 0 Å². The van der Waals surface area contributed by atoms with Gasteiger partial charge in [-0.05, 0) is 43.0 Å². The summed E-state index contributed by atoms with van der Waals surface area (Å²) < 4.78 is 14.2. The summed E-state index contributed by atoms with van der Waals surface area (Å²) in [5, 5.41) is 4.29. The van der Waals surface area contributed by atoms with Crippen molar-refractivity contribution in [2.45, 2.75) is 12.8 Å². The topological polar surface area (TPSA) is 24.9 Å². The fourth-order valence-corrected chi connectivity index (χ4v) is 2.58. The highest BCUT2D eigenvalue weighted by atomic mass is 35.5. The molecule has 0 aliphatic carbocycles. The molecule has 2 nitrogen and oxygen atoms in total. The van der Waals surface area contributed by atoms with Crippen LogP contribution >= 0.6 is 23.4 Å². The zero-order valence-corrected chi connectivity index (χ0v) is 12.3. The maximum Gasteiger partial charge on any atom is 0.172 e. The first kappa shape index (κ1) is 14.4. The lowest BCUT2D eigenvalue weighted by molar-refractivity contribution is 0.638. The van der Waals surface area contributed by atoms with Crippen molar-refractivity contribution >= 4 is 40.0 Å². The second kappa shape index (κ2) is 6.96. The van der Waals surface area contributed by atoms with Gasteiger partial charge in [0.15, 0.2) is 5.82 Å². The van der Waals surface area contributed by atoms with Crippen molar-refractivity contribution in [3.8, 4) is 0 Å². The average Bonchev–Trinajstić information content (AvgIpc) is 2.42. The molecule has 102 valence electrons. The predicted octanol–water partition coefficient (Wildman–Crippen LogP) is 4.58. The van der Waals surface area contributed by atoms with Gasteiger partial charge in [-0.1, -0.05) is 11.6 Å². The molecule has 0 radical (unpaired) electrons. The number of unbranched alkanes of at least 4 members (excludes halogenated alkanes) is 1. The van der Waals surface area contributed by atoms with Gasteiger partial charge in [0.2, 0.25) is 0 Å². The number of thioether (sulfide) groups is 1. The number of anilines is 1. The molecule has 0 spiro atoms. The number of halogens is 2. The Morgan fingerprint density at radius 2 is 2.16 bits per heavy atom. The summed E-state index contributed by atoms with van der Waals surface area (Å²) in [7, 11) is 0. The lowest BCUT2D eigenvalue weighted by Crippen LogP contribution is -2.04. The zero-order valence-electron chi connectivity index (χ0n) is 10.7. The maximum atomic E-state index is 14.2. The Kier molecular flexibility index (Phi) is 5.28. The van der Waals surface area contributed by atoms with Crippen molar-refractivity contribution in [3.05, 3.63) is 35.2 Å². The molecule has 0 saturated carbocycles. The van der Waals surface area contributed by atoms with Crippen LogP contribution in [0.2, 0.25) is 5.02 Å². The Hall–Kier alpha value is -1.00. The van der Waals surface area contributed by atoms with E-state index in [0.29, 0.717) is 21.6 Å². The molecular weight excluding hydrogens is 283 g/mol. The number of rotatable bonds is 6. The monoisotopic (exact) mass is 298 g/mol. The fraction of sp³-hybridized carbons (Fsp3) is 0.357. The molecule has 0 saturated heterocycles. The first-order valence-corrected chi connectivity index (χ1v) is 7.96. The standard InChI is InChI=1S/C14H16ClFN2S/c1-19-9-3-2-7-17-12-5-4-10-11(15)6-8-18-14(10)13(12)16/h4-6,8,17H,2-3,7,9H2,1H3. The third kappa shape index (κ3) is 3.51. The second-order valence-electron chi connectivity index (χ2n) is 4.24. The number of hydrogen-bond acceptors (Lipinski definition) is 3. The number of fused-ring (bicyclic) bond motifs is 1. The highest BCUT2D eigenvalue weighted by Gasteiger charge is 2.09. The van der Waals surface area contributed by atoms with Crippen LogP contribution < -0.4 is 5.32 Å². The van der Waals surface area contributed by atoms with E-state index in [9.17, 15) is 4.39 Å². The molecule has 5 heteroatoms. The number of aromatic nitrogens is 1. The number of benzene rings is 1. The Morgan fingerprint density at radius 1 is 1.32 bits per heavy atom. The van der Waals surface area contributed by atoms with Gasteiger partial charge in [-0.2, -0.15) is 11.8 Å². The summed E-state index contributed by atoms with van der Waals surface area (Å²) in [6, 6.07) is 5.19. The normalized spacial score (nSPS) is 10.9. The third-order valence-corrected chi connectivity index (χ3v) is 3.92. The van der Waals surface area contributed by atoms with Gasteiger partial charge in [0.1, 0.15) is 5.52 Å². The number of nitrogens with zero attached hydrogens (tertiary/aromatic N) is 1. The second-order valence-corrected chi connectivity index (χ2v) is 5.64. The third-order valence-electron chi connectivity index (χ3n) is 2.89. The fourth-order valence-electron chi connectivity index (χ4n) is 1.88. The molecule has 0 fully saturated rings. The van der Waals surface area contributed by atoms with Crippen LogP contribution in [0.15, 0.2) is 24.4 Å². The molecular formula is C14H16ClFN2S. The van der Waals surface area contributed by atoms with Crippen LogP contribution in [0.5, 0.6) is 0 Å². The van der Waals surface area contributed by atoms with E-state index in [0.717, 1.165) is 25.1 Å². The quantitative estimate of drug-likeness (QED) is 0.790. The number of nitrogens with one attached hydrogen (secondary N) is 1. The van der Waals surface area contributed by atoms with Crippen molar-refractivity contribution in [3.63, 3.8) is 0 Å². The molecule has 0 aliphatic rings. The van der Waals surface area contributed by atoms with Gasteiger partial charge in [0, 0.05) is 18.1 Å². The van der Waals surface area contributed by atoms with Crippen LogP contribution in [0, 0.1) is 5.82 Å². The van der Waals surface area contributed by atoms with Crippen LogP contribution in [0.1, 0.15) is 12.8 Å². The lowest BCUT2D eigenvalue weighted by Gasteiger charge is -2.09. The van der Waals surface area contributed by atoms with Gasteiger partial charge in [-0.15, -0.1) is 0 Å². The van der Waals surface area contributed by atoms with Gasteiger partial charge in [0.05, 0.1) is 10.7 Å². The molecule has 2 aromatic rings. The minimum atomic E-state index is -0.329.